The van der Waals surface area contributed by atoms with Crippen LogP contribution in [0.5, 0.6) is 0 Å². The SMILES string of the molecule is O=C(CSc1cccc[n+]1[O-])N1CCCC1. The molecule has 2 rings (SSSR count). The van der Waals surface area contributed by atoms with Crippen molar-refractivity contribution in [2.75, 3.05) is 18.8 Å². The Balaban J connectivity index is 1.87. The maximum atomic E-state index is 11.7. The summed E-state index contributed by atoms with van der Waals surface area (Å²) in [7, 11) is 0. The minimum absolute atomic E-state index is 0.131. The third-order valence-corrected chi connectivity index (χ3v) is 3.59. The average Bonchev–Trinajstić information content (AvgIpc) is 2.81. The molecule has 1 aliphatic heterocycles. The van der Waals surface area contributed by atoms with E-state index >= 15 is 0 Å². The van der Waals surface area contributed by atoms with Gasteiger partial charge in [-0.1, -0.05) is 0 Å². The number of hydrogen-bond donors (Lipinski definition) is 0. The number of likely N-dealkylation sites (tertiary alicyclic amines) is 1. The Morgan fingerprint density at radius 1 is 1.44 bits per heavy atom. The molecule has 0 radical (unpaired) electrons. The molecule has 0 aliphatic carbocycles. The van der Waals surface area contributed by atoms with Crippen LogP contribution < -0.4 is 4.73 Å². The van der Waals surface area contributed by atoms with Crippen LogP contribution in [-0.2, 0) is 4.79 Å². The number of pyridine rings is 1. The van der Waals surface area contributed by atoms with Gasteiger partial charge in [-0.2, -0.15) is 4.73 Å². The van der Waals surface area contributed by atoms with E-state index in [0.717, 1.165) is 30.7 Å². The molecule has 5 heteroatoms. The molecule has 1 aromatic rings. The van der Waals surface area contributed by atoms with Gasteiger partial charge in [-0.25, -0.2) is 0 Å². The van der Waals surface area contributed by atoms with E-state index in [2.05, 4.69) is 0 Å². The van der Waals surface area contributed by atoms with Crippen LogP contribution in [0.1, 0.15) is 12.8 Å². The second-order valence-electron chi connectivity index (χ2n) is 3.74. The average molecular weight is 238 g/mol. The molecule has 1 aliphatic rings. The first-order valence-corrected chi connectivity index (χ1v) is 6.35. The van der Waals surface area contributed by atoms with Gasteiger partial charge in [0.2, 0.25) is 5.91 Å². The summed E-state index contributed by atoms with van der Waals surface area (Å²) in [6.45, 7) is 1.73. The zero-order chi connectivity index (χ0) is 11.4. The number of carbonyl (C=O) groups is 1. The highest BCUT2D eigenvalue weighted by Gasteiger charge is 2.18. The molecule has 0 spiro atoms. The normalized spacial score (nSPS) is 15.4. The van der Waals surface area contributed by atoms with Crippen molar-refractivity contribution in [3.05, 3.63) is 29.6 Å². The fourth-order valence-corrected chi connectivity index (χ4v) is 2.53. The lowest BCUT2D eigenvalue weighted by Crippen LogP contribution is -2.31. The zero-order valence-electron chi connectivity index (χ0n) is 8.96. The largest absolute Gasteiger partial charge is 0.618 e. The van der Waals surface area contributed by atoms with Gasteiger partial charge < -0.3 is 10.1 Å². The predicted octanol–water partition coefficient (Wildman–Crippen LogP) is 1.03. The fraction of sp³-hybridized carbons (Fsp3) is 0.455. The standard InChI is InChI=1S/C11H14N2O2S/c14-10(12-6-3-4-7-12)9-16-11-5-1-2-8-13(11)15/h1-2,5,8H,3-4,6-7,9H2. The van der Waals surface area contributed by atoms with Crippen molar-refractivity contribution in [3.8, 4) is 0 Å². The molecule has 1 amide bonds. The van der Waals surface area contributed by atoms with Crippen LogP contribution in [-0.4, -0.2) is 29.6 Å². The third kappa shape index (κ3) is 2.66. The molecular weight excluding hydrogens is 224 g/mol. The smallest absolute Gasteiger partial charge is 0.251 e. The Morgan fingerprint density at radius 3 is 2.88 bits per heavy atom. The van der Waals surface area contributed by atoms with Gasteiger partial charge in [0.25, 0.3) is 5.03 Å². The molecule has 0 unspecified atom stereocenters. The van der Waals surface area contributed by atoms with Gasteiger partial charge in [-0.15, -0.1) is 0 Å². The van der Waals surface area contributed by atoms with Crippen LogP contribution in [0.4, 0.5) is 0 Å². The van der Waals surface area contributed by atoms with Gasteiger partial charge in [0, 0.05) is 25.2 Å². The highest BCUT2D eigenvalue weighted by molar-refractivity contribution is 7.99. The van der Waals surface area contributed by atoms with Crippen LogP contribution in [0.15, 0.2) is 29.4 Å². The highest BCUT2D eigenvalue weighted by atomic mass is 32.2. The van der Waals surface area contributed by atoms with E-state index in [-0.39, 0.29) is 5.91 Å². The zero-order valence-corrected chi connectivity index (χ0v) is 9.78. The number of nitrogens with zero attached hydrogens (tertiary/aromatic N) is 2. The first kappa shape index (κ1) is 11.3. The molecular formula is C11H14N2O2S. The van der Waals surface area contributed by atoms with E-state index in [1.54, 1.807) is 18.2 Å². The number of thioether (sulfide) groups is 1. The quantitative estimate of drug-likeness (QED) is 0.449. The lowest BCUT2D eigenvalue weighted by Gasteiger charge is -2.14. The van der Waals surface area contributed by atoms with Crippen LogP contribution in [0.2, 0.25) is 0 Å². The van der Waals surface area contributed by atoms with E-state index in [1.165, 1.54) is 18.0 Å². The molecule has 0 aromatic carbocycles. The Labute approximate surface area is 98.8 Å². The lowest BCUT2D eigenvalue weighted by atomic mass is 10.4. The molecule has 4 nitrogen and oxygen atoms in total. The van der Waals surface area contributed by atoms with Crippen LogP contribution >= 0.6 is 11.8 Å². The van der Waals surface area contributed by atoms with E-state index < -0.39 is 0 Å². The first-order valence-electron chi connectivity index (χ1n) is 5.36. The summed E-state index contributed by atoms with van der Waals surface area (Å²) in [5, 5.41) is 11.9. The predicted molar refractivity (Wildman–Crippen MR) is 61.9 cm³/mol. The van der Waals surface area contributed by atoms with Crippen molar-refractivity contribution < 1.29 is 9.52 Å². The van der Waals surface area contributed by atoms with Gasteiger partial charge in [-0.3, -0.25) is 4.79 Å². The first-order chi connectivity index (χ1) is 7.77. The van der Waals surface area contributed by atoms with Crippen molar-refractivity contribution in [3.63, 3.8) is 0 Å². The summed E-state index contributed by atoms with van der Waals surface area (Å²) in [5.41, 5.74) is 0. The van der Waals surface area contributed by atoms with Crippen molar-refractivity contribution in [1.29, 1.82) is 0 Å². The molecule has 1 fully saturated rings. The Morgan fingerprint density at radius 2 is 2.19 bits per heavy atom. The van der Waals surface area contributed by atoms with Gasteiger partial charge >= 0.3 is 0 Å². The highest BCUT2D eigenvalue weighted by Crippen LogP contribution is 2.15. The number of carbonyl (C=O) groups excluding carboxylic acids is 1. The number of amides is 1. The Kier molecular flexibility index (Phi) is 3.66. The summed E-state index contributed by atoms with van der Waals surface area (Å²) < 4.78 is 0.794. The van der Waals surface area contributed by atoms with Crippen molar-refractivity contribution >= 4 is 17.7 Å². The molecule has 86 valence electrons. The molecule has 0 atom stereocenters. The van der Waals surface area contributed by atoms with E-state index in [4.69, 9.17) is 0 Å². The number of hydrogen-bond acceptors (Lipinski definition) is 3. The molecule has 0 saturated carbocycles. The number of aromatic nitrogens is 1. The van der Waals surface area contributed by atoms with Crippen LogP contribution in [0.25, 0.3) is 0 Å². The fourth-order valence-electron chi connectivity index (χ4n) is 1.72. The second-order valence-corrected chi connectivity index (χ2v) is 4.74. The van der Waals surface area contributed by atoms with E-state index in [0.29, 0.717) is 10.8 Å². The molecule has 16 heavy (non-hydrogen) atoms. The summed E-state index contributed by atoms with van der Waals surface area (Å²) in [6, 6.07) is 5.21. The van der Waals surface area contributed by atoms with Gasteiger partial charge in [-0.05, 0) is 30.7 Å². The van der Waals surface area contributed by atoms with Crippen LogP contribution in [0, 0.1) is 5.21 Å². The maximum absolute atomic E-state index is 11.7. The topological polar surface area (TPSA) is 47.2 Å². The van der Waals surface area contributed by atoms with Crippen molar-refractivity contribution in [2.45, 2.75) is 17.9 Å². The summed E-state index contributed by atoms with van der Waals surface area (Å²) >= 11 is 1.30. The lowest BCUT2D eigenvalue weighted by molar-refractivity contribution is -0.645. The van der Waals surface area contributed by atoms with Crippen LogP contribution in [0.3, 0.4) is 0 Å². The van der Waals surface area contributed by atoms with Gasteiger partial charge in [0.05, 0.1) is 5.75 Å². The molecule has 1 aromatic heterocycles. The van der Waals surface area contributed by atoms with E-state index in [9.17, 15) is 10.0 Å². The Hall–Kier alpha value is -1.23. The van der Waals surface area contributed by atoms with Crippen molar-refractivity contribution in [1.82, 2.24) is 4.90 Å². The molecule has 2 heterocycles. The van der Waals surface area contributed by atoms with Gasteiger partial charge in [0.1, 0.15) is 0 Å². The van der Waals surface area contributed by atoms with Gasteiger partial charge in [0.15, 0.2) is 6.20 Å². The summed E-state index contributed by atoms with van der Waals surface area (Å²) in [5.74, 6) is 0.484. The molecule has 0 bridgehead atoms. The monoisotopic (exact) mass is 238 g/mol. The minimum Gasteiger partial charge on any atom is -0.618 e. The summed E-state index contributed by atoms with van der Waals surface area (Å²) in [6.07, 6.45) is 3.65. The number of rotatable bonds is 3. The maximum Gasteiger partial charge on any atom is 0.251 e. The van der Waals surface area contributed by atoms with Crippen molar-refractivity contribution in [2.24, 2.45) is 0 Å². The summed E-state index contributed by atoms with van der Waals surface area (Å²) in [4.78, 5) is 13.6. The minimum atomic E-state index is 0.131. The Bertz CT molecular complexity index is 378. The molecule has 1 saturated heterocycles. The third-order valence-electron chi connectivity index (χ3n) is 2.59. The van der Waals surface area contributed by atoms with E-state index in [1.807, 2.05) is 4.90 Å². The second kappa shape index (κ2) is 5.21. The molecule has 0 N–H and O–H groups in total.